The van der Waals surface area contributed by atoms with Crippen LogP contribution in [0.25, 0.3) is 0 Å². The van der Waals surface area contributed by atoms with Crippen LogP contribution in [0.3, 0.4) is 0 Å². The Morgan fingerprint density at radius 3 is 2.64 bits per heavy atom. The largest absolute Gasteiger partial charge is 0.482 e. The number of guanidine groups is 1. The highest BCUT2D eigenvalue weighted by Gasteiger charge is 2.24. The summed E-state index contributed by atoms with van der Waals surface area (Å²) in [5.41, 5.74) is 0.864. The monoisotopic (exact) mass is 500 g/mol. The Morgan fingerprint density at radius 2 is 1.89 bits per heavy atom. The number of carbonyl (C=O) groups excluding carboxylic acids is 1. The zero-order valence-corrected chi connectivity index (χ0v) is 19.1. The number of carbonyl (C=O) groups is 1. The highest BCUT2D eigenvalue weighted by Crippen LogP contribution is 2.31. The van der Waals surface area contributed by atoms with E-state index in [2.05, 4.69) is 15.6 Å². The fraction of sp³-hybridized carbons (Fsp3) is 0.619. The number of hydrogen-bond donors (Lipinski definition) is 2. The highest BCUT2D eigenvalue weighted by atomic mass is 127. The highest BCUT2D eigenvalue weighted by molar-refractivity contribution is 14.0. The Bertz CT molecular complexity index is 647. The fourth-order valence-electron chi connectivity index (χ4n) is 3.96. The van der Waals surface area contributed by atoms with Crippen LogP contribution in [0.5, 0.6) is 5.75 Å². The molecular formula is C21H33IN4O2. The first-order valence-corrected chi connectivity index (χ1v) is 10.2. The molecule has 156 valence electrons. The summed E-state index contributed by atoms with van der Waals surface area (Å²) in [7, 11) is 1.80. The van der Waals surface area contributed by atoms with Crippen LogP contribution in [-0.2, 0) is 4.79 Å². The van der Waals surface area contributed by atoms with Crippen LogP contribution in [0.2, 0.25) is 0 Å². The van der Waals surface area contributed by atoms with Gasteiger partial charge in [0.15, 0.2) is 12.6 Å². The second-order valence-electron chi connectivity index (χ2n) is 7.37. The number of rotatable bonds is 8. The quantitative estimate of drug-likeness (QED) is 0.248. The minimum atomic E-state index is 0. The lowest BCUT2D eigenvalue weighted by molar-refractivity contribution is -0.121. The van der Waals surface area contributed by atoms with Crippen molar-refractivity contribution in [1.29, 1.82) is 0 Å². The van der Waals surface area contributed by atoms with Crippen molar-refractivity contribution in [3.8, 4) is 5.75 Å². The molecule has 0 spiro atoms. The Balaban J connectivity index is 0.00000280. The number of para-hydroxylation sites is 2. The van der Waals surface area contributed by atoms with Gasteiger partial charge in [0, 0.05) is 26.7 Å². The van der Waals surface area contributed by atoms with Gasteiger partial charge in [-0.1, -0.05) is 37.8 Å². The Labute approximate surface area is 185 Å². The van der Waals surface area contributed by atoms with Gasteiger partial charge in [0.05, 0.1) is 5.69 Å². The summed E-state index contributed by atoms with van der Waals surface area (Å²) in [6.07, 6.45) is 9.03. The van der Waals surface area contributed by atoms with Crippen molar-refractivity contribution < 1.29 is 9.53 Å². The van der Waals surface area contributed by atoms with E-state index in [1.807, 2.05) is 29.2 Å². The molecule has 28 heavy (non-hydrogen) atoms. The normalized spacial score (nSPS) is 17.0. The van der Waals surface area contributed by atoms with Crippen LogP contribution in [0, 0.1) is 5.92 Å². The van der Waals surface area contributed by atoms with Gasteiger partial charge in [0.1, 0.15) is 5.75 Å². The zero-order valence-electron chi connectivity index (χ0n) is 16.8. The number of fused-ring (bicyclic) bond motifs is 1. The molecule has 6 nitrogen and oxygen atoms in total. The van der Waals surface area contributed by atoms with Gasteiger partial charge in [-0.3, -0.25) is 9.79 Å². The summed E-state index contributed by atoms with van der Waals surface area (Å²) >= 11 is 0. The Hall–Kier alpha value is -1.51. The number of anilines is 1. The van der Waals surface area contributed by atoms with Gasteiger partial charge in [0.2, 0.25) is 0 Å². The van der Waals surface area contributed by atoms with Crippen molar-refractivity contribution in [1.82, 2.24) is 10.6 Å². The Morgan fingerprint density at radius 1 is 1.18 bits per heavy atom. The summed E-state index contributed by atoms with van der Waals surface area (Å²) in [5, 5.41) is 6.74. The van der Waals surface area contributed by atoms with Crippen molar-refractivity contribution in [2.45, 2.75) is 44.9 Å². The first-order valence-electron chi connectivity index (χ1n) is 10.2. The summed E-state index contributed by atoms with van der Waals surface area (Å²) < 4.78 is 5.48. The van der Waals surface area contributed by atoms with Crippen molar-refractivity contribution >= 4 is 41.5 Å². The maximum atomic E-state index is 12.2. The van der Waals surface area contributed by atoms with Crippen LogP contribution < -0.4 is 20.3 Å². The van der Waals surface area contributed by atoms with E-state index in [0.29, 0.717) is 6.54 Å². The molecule has 2 N–H and O–H groups in total. The third kappa shape index (κ3) is 6.53. The van der Waals surface area contributed by atoms with E-state index in [4.69, 9.17) is 4.74 Å². The van der Waals surface area contributed by atoms with Crippen LogP contribution in [0.1, 0.15) is 44.9 Å². The maximum absolute atomic E-state index is 12.2. The third-order valence-electron chi connectivity index (χ3n) is 5.44. The average molecular weight is 500 g/mol. The molecule has 0 atom stereocenters. The molecule has 2 aliphatic rings. The first kappa shape index (κ1) is 22.8. The molecule has 3 rings (SSSR count). The molecule has 0 saturated heterocycles. The van der Waals surface area contributed by atoms with Gasteiger partial charge in [-0.2, -0.15) is 0 Å². The lowest BCUT2D eigenvalue weighted by atomic mass is 10.0. The van der Waals surface area contributed by atoms with Crippen LogP contribution >= 0.6 is 24.0 Å². The molecule has 1 heterocycles. The van der Waals surface area contributed by atoms with Crippen molar-refractivity contribution in [2.75, 3.05) is 38.2 Å². The standard InChI is InChI=1S/C21H32N4O2.HI/c1-22-21(23-13-6-10-17-8-2-3-9-17)24-14-7-15-25-18-11-4-5-12-19(18)27-16-20(25)26;/h4-5,11-12,17H,2-3,6-10,13-16H2,1H3,(H2,22,23,24);1H. The van der Waals surface area contributed by atoms with E-state index in [9.17, 15) is 4.79 Å². The van der Waals surface area contributed by atoms with Gasteiger partial charge in [0.25, 0.3) is 5.91 Å². The molecule has 1 aliphatic heterocycles. The number of hydrogen-bond acceptors (Lipinski definition) is 3. The smallest absolute Gasteiger partial charge is 0.265 e. The lowest BCUT2D eigenvalue weighted by Gasteiger charge is -2.29. The van der Waals surface area contributed by atoms with Crippen molar-refractivity contribution in [3.05, 3.63) is 24.3 Å². The van der Waals surface area contributed by atoms with E-state index in [1.165, 1.54) is 38.5 Å². The molecule has 0 aromatic heterocycles. The number of benzene rings is 1. The van der Waals surface area contributed by atoms with E-state index in [0.717, 1.165) is 42.8 Å². The second-order valence-corrected chi connectivity index (χ2v) is 7.37. The molecule has 0 bridgehead atoms. The molecule has 1 aliphatic carbocycles. The SMILES string of the molecule is CN=C(NCCCC1CCCC1)NCCCN1C(=O)COc2ccccc21.I. The predicted molar refractivity (Wildman–Crippen MR) is 125 cm³/mol. The number of amides is 1. The topological polar surface area (TPSA) is 66.0 Å². The molecule has 1 fully saturated rings. The summed E-state index contributed by atoms with van der Waals surface area (Å²) in [6, 6.07) is 7.70. The predicted octanol–water partition coefficient (Wildman–Crippen LogP) is 3.56. The van der Waals surface area contributed by atoms with Crippen molar-refractivity contribution in [2.24, 2.45) is 10.9 Å². The van der Waals surface area contributed by atoms with Crippen molar-refractivity contribution in [3.63, 3.8) is 0 Å². The van der Waals surface area contributed by atoms with Gasteiger partial charge in [-0.15, -0.1) is 24.0 Å². The number of ether oxygens (including phenoxy) is 1. The minimum absolute atomic E-state index is 0. The number of nitrogens with zero attached hydrogens (tertiary/aromatic N) is 2. The van der Waals surface area contributed by atoms with Gasteiger partial charge in [-0.25, -0.2) is 0 Å². The van der Waals surface area contributed by atoms with E-state index in [-0.39, 0.29) is 36.5 Å². The summed E-state index contributed by atoms with van der Waals surface area (Å²) in [5.74, 6) is 2.58. The third-order valence-corrected chi connectivity index (χ3v) is 5.44. The molecule has 7 heteroatoms. The van der Waals surface area contributed by atoms with Crippen LogP contribution in [0.4, 0.5) is 5.69 Å². The Kier molecular flexibility index (Phi) is 9.87. The average Bonchev–Trinajstić information content (AvgIpc) is 3.21. The molecule has 1 aromatic carbocycles. The molecule has 0 radical (unpaired) electrons. The summed E-state index contributed by atoms with van der Waals surface area (Å²) in [6.45, 7) is 2.53. The van der Waals surface area contributed by atoms with Gasteiger partial charge in [-0.05, 0) is 37.3 Å². The van der Waals surface area contributed by atoms with Gasteiger partial charge < -0.3 is 20.3 Å². The number of aliphatic imine (C=N–C) groups is 1. The van der Waals surface area contributed by atoms with E-state index in [1.54, 1.807) is 7.05 Å². The lowest BCUT2D eigenvalue weighted by Crippen LogP contribution is -2.42. The number of halogens is 1. The molecular weight excluding hydrogens is 467 g/mol. The fourth-order valence-corrected chi connectivity index (χ4v) is 3.96. The minimum Gasteiger partial charge on any atom is -0.482 e. The first-order chi connectivity index (χ1) is 13.3. The second kappa shape index (κ2) is 12.1. The van der Waals surface area contributed by atoms with E-state index >= 15 is 0 Å². The summed E-state index contributed by atoms with van der Waals surface area (Å²) in [4.78, 5) is 18.3. The number of nitrogens with one attached hydrogen (secondary N) is 2. The van der Waals surface area contributed by atoms with Gasteiger partial charge >= 0.3 is 0 Å². The molecule has 1 aromatic rings. The maximum Gasteiger partial charge on any atom is 0.265 e. The molecule has 0 unspecified atom stereocenters. The van der Waals surface area contributed by atoms with E-state index < -0.39 is 0 Å². The van der Waals surface area contributed by atoms with Crippen LogP contribution in [-0.4, -0.2) is 45.2 Å². The zero-order chi connectivity index (χ0) is 18.9. The molecule has 1 amide bonds. The molecule has 1 saturated carbocycles. The van der Waals surface area contributed by atoms with Crippen LogP contribution in [0.15, 0.2) is 29.3 Å².